The third-order valence-corrected chi connectivity index (χ3v) is 6.25. The zero-order valence-corrected chi connectivity index (χ0v) is 18.6. The van der Waals surface area contributed by atoms with E-state index in [4.69, 9.17) is 4.74 Å². The first-order valence-electron chi connectivity index (χ1n) is 11.0. The van der Waals surface area contributed by atoms with Crippen molar-refractivity contribution in [2.75, 3.05) is 25.1 Å². The van der Waals surface area contributed by atoms with Crippen LogP contribution in [0.1, 0.15) is 18.4 Å². The van der Waals surface area contributed by atoms with Crippen LogP contribution in [0.2, 0.25) is 0 Å². The Balaban J connectivity index is 1.47. The van der Waals surface area contributed by atoms with E-state index in [1.165, 1.54) is 4.68 Å². The summed E-state index contributed by atoms with van der Waals surface area (Å²) in [6.07, 6.45) is 6.28. The molecule has 0 amide bonds. The van der Waals surface area contributed by atoms with Crippen molar-refractivity contribution in [2.24, 2.45) is 0 Å². The third kappa shape index (κ3) is 3.93. The van der Waals surface area contributed by atoms with Crippen molar-refractivity contribution in [1.82, 2.24) is 19.7 Å². The van der Waals surface area contributed by atoms with Gasteiger partial charge in [0, 0.05) is 18.5 Å². The van der Waals surface area contributed by atoms with Crippen molar-refractivity contribution in [3.8, 4) is 22.8 Å². The fourth-order valence-electron chi connectivity index (χ4n) is 4.32. The summed E-state index contributed by atoms with van der Waals surface area (Å²) < 4.78 is 6.66. The molecule has 1 N–H and O–H groups in total. The average Bonchev–Trinajstić information content (AvgIpc) is 2.85. The number of benzene rings is 2. The summed E-state index contributed by atoms with van der Waals surface area (Å²) in [6.45, 7) is 3.53. The molecule has 33 heavy (non-hydrogen) atoms. The normalized spacial score (nSPS) is 14.6. The van der Waals surface area contributed by atoms with E-state index in [9.17, 15) is 9.90 Å². The topological polar surface area (TPSA) is 93.4 Å². The maximum Gasteiger partial charge on any atom is 0.282 e. The highest BCUT2D eigenvalue weighted by Crippen LogP contribution is 2.31. The molecular formula is C25H25N5O3. The summed E-state index contributed by atoms with van der Waals surface area (Å²) in [5.74, 6) is 1.05. The summed E-state index contributed by atoms with van der Waals surface area (Å²) in [5.41, 5.74) is 3.68. The number of aromatic nitrogens is 4. The molecule has 0 aliphatic carbocycles. The van der Waals surface area contributed by atoms with Crippen molar-refractivity contribution < 1.29 is 9.84 Å². The molecule has 4 aromatic rings. The molecule has 0 saturated carbocycles. The second-order valence-corrected chi connectivity index (χ2v) is 8.26. The molecule has 8 heteroatoms. The van der Waals surface area contributed by atoms with Crippen molar-refractivity contribution >= 4 is 16.5 Å². The zero-order chi connectivity index (χ0) is 22.9. The summed E-state index contributed by atoms with van der Waals surface area (Å²) in [5, 5.41) is 15.3. The molecule has 0 unspecified atom stereocenters. The minimum atomic E-state index is -0.268. The number of aliphatic hydroxyl groups excluding tert-OH is 1. The van der Waals surface area contributed by atoms with E-state index in [1.807, 2.05) is 43.3 Å². The first-order chi connectivity index (χ1) is 16.0. The number of piperidine rings is 1. The highest BCUT2D eigenvalue weighted by Gasteiger charge is 2.18. The second kappa shape index (κ2) is 8.63. The molecule has 1 fully saturated rings. The highest BCUT2D eigenvalue weighted by molar-refractivity contribution is 5.87. The third-order valence-electron chi connectivity index (χ3n) is 6.25. The molecule has 3 heterocycles. The maximum atomic E-state index is 13.1. The number of methoxy groups -OCH3 is 1. The Morgan fingerprint density at radius 1 is 1.06 bits per heavy atom. The largest absolute Gasteiger partial charge is 0.496 e. The monoisotopic (exact) mass is 443 g/mol. The molecular weight excluding hydrogens is 418 g/mol. The van der Waals surface area contributed by atoms with Crippen LogP contribution < -0.4 is 15.2 Å². The number of fused-ring (bicyclic) bond motifs is 1. The van der Waals surface area contributed by atoms with Crippen LogP contribution in [0, 0.1) is 6.92 Å². The van der Waals surface area contributed by atoms with Gasteiger partial charge in [0.25, 0.3) is 11.5 Å². The molecule has 1 aliphatic rings. The molecule has 2 aromatic heterocycles. The van der Waals surface area contributed by atoms with Crippen LogP contribution in [0.3, 0.4) is 0 Å². The highest BCUT2D eigenvalue weighted by atomic mass is 16.5. The first-order valence-corrected chi connectivity index (χ1v) is 11.0. The zero-order valence-electron chi connectivity index (χ0n) is 18.6. The number of hydrogen-bond acceptors (Lipinski definition) is 7. The first kappa shape index (κ1) is 21.1. The van der Waals surface area contributed by atoms with E-state index in [0.717, 1.165) is 59.4 Å². The van der Waals surface area contributed by atoms with Crippen molar-refractivity contribution in [3.63, 3.8) is 0 Å². The lowest BCUT2D eigenvalue weighted by Gasteiger charge is -2.30. The van der Waals surface area contributed by atoms with Gasteiger partial charge in [-0.2, -0.15) is 9.78 Å². The molecule has 8 nitrogen and oxygen atoms in total. The number of ether oxygens (including phenoxy) is 1. The predicted octanol–water partition coefficient (Wildman–Crippen LogP) is 3.12. The van der Waals surface area contributed by atoms with Gasteiger partial charge >= 0.3 is 0 Å². The smallest absolute Gasteiger partial charge is 0.282 e. The lowest BCUT2D eigenvalue weighted by atomic mass is 9.98. The molecule has 0 radical (unpaired) electrons. The SMILES string of the molecule is COc1cccc(-c2ccc3c(=O)n(-c4ncc(N5CCC(O)CC5)cn4)ncc3c2)c1C. The number of rotatable bonds is 4. The summed E-state index contributed by atoms with van der Waals surface area (Å²) >= 11 is 0. The number of nitrogens with zero attached hydrogens (tertiary/aromatic N) is 5. The summed E-state index contributed by atoms with van der Waals surface area (Å²) in [7, 11) is 1.66. The molecule has 2 aromatic carbocycles. The van der Waals surface area contributed by atoms with E-state index in [0.29, 0.717) is 5.39 Å². The van der Waals surface area contributed by atoms with Crippen LogP contribution in [0.5, 0.6) is 5.75 Å². The Labute approximate surface area is 191 Å². The van der Waals surface area contributed by atoms with E-state index in [2.05, 4.69) is 20.0 Å². The predicted molar refractivity (Wildman–Crippen MR) is 127 cm³/mol. The molecule has 1 saturated heterocycles. The Kier molecular flexibility index (Phi) is 5.51. The molecule has 0 atom stereocenters. The van der Waals surface area contributed by atoms with Crippen LogP contribution in [0.25, 0.3) is 27.8 Å². The van der Waals surface area contributed by atoms with Gasteiger partial charge in [-0.3, -0.25) is 4.79 Å². The molecule has 168 valence electrons. The Morgan fingerprint density at radius 3 is 2.55 bits per heavy atom. The van der Waals surface area contributed by atoms with Gasteiger partial charge in [-0.1, -0.05) is 18.2 Å². The molecule has 0 spiro atoms. The Bertz CT molecular complexity index is 1360. The van der Waals surface area contributed by atoms with Crippen molar-refractivity contribution in [2.45, 2.75) is 25.9 Å². The Hall–Kier alpha value is -3.78. The number of hydrogen-bond donors (Lipinski definition) is 1. The van der Waals surface area contributed by atoms with Gasteiger partial charge in [-0.25, -0.2) is 9.97 Å². The Morgan fingerprint density at radius 2 is 1.82 bits per heavy atom. The maximum absolute atomic E-state index is 13.1. The van der Waals surface area contributed by atoms with Gasteiger partial charge < -0.3 is 14.7 Å². The van der Waals surface area contributed by atoms with Gasteiger partial charge in [0.05, 0.1) is 42.9 Å². The van der Waals surface area contributed by atoms with Gasteiger partial charge in [0.1, 0.15) is 5.75 Å². The van der Waals surface area contributed by atoms with Gasteiger partial charge in [0.15, 0.2) is 0 Å². The quantitative estimate of drug-likeness (QED) is 0.518. The van der Waals surface area contributed by atoms with Crippen LogP contribution in [-0.2, 0) is 0 Å². The van der Waals surface area contributed by atoms with Crippen LogP contribution >= 0.6 is 0 Å². The second-order valence-electron chi connectivity index (χ2n) is 8.26. The minimum Gasteiger partial charge on any atom is -0.496 e. The lowest BCUT2D eigenvalue weighted by Crippen LogP contribution is -2.36. The molecule has 0 bridgehead atoms. The number of aliphatic hydroxyl groups is 1. The fourth-order valence-corrected chi connectivity index (χ4v) is 4.32. The standard InChI is InChI=1S/C25H25N5O3/c1-16-21(4-3-5-23(16)33-2)17-6-7-22-18(12-17)13-28-30(24(22)32)25-26-14-19(15-27-25)29-10-8-20(31)9-11-29/h3-7,12-15,20,31H,8-11H2,1-2H3. The van der Waals surface area contributed by atoms with E-state index in [-0.39, 0.29) is 17.6 Å². The average molecular weight is 444 g/mol. The van der Waals surface area contributed by atoms with E-state index >= 15 is 0 Å². The summed E-state index contributed by atoms with van der Waals surface area (Å²) in [4.78, 5) is 24.0. The van der Waals surface area contributed by atoms with Crippen molar-refractivity contribution in [1.29, 1.82) is 0 Å². The fraction of sp³-hybridized carbons (Fsp3) is 0.280. The number of anilines is 1. The van der Waals surface area contributed by atoms with E-state index in [1.54, 1.807) is 25.7 Å². The van der Waals surface area contributed by atoms with Crippen LogP contribution in [0.15, 0.2) is 59.8 Å². The van der Waals surface area contributed by atoms with Crippen LogP contribution in [0.4, 0.5) is 5.69 Å². The van der Waals surface area contributed by atoms with Gasteiger partial charge in [0.2, 0.25) is 0 Å². The van der Waals surface area contributed by atoms with Gasteiger partial charge in [-0.05, 0) is 54.7 Å². The van der Waals surface area contributed by atoms with Crippen molar-refractivity contribution in [3.05, 3.63) is 70.9 Å². The molecule has 5 rings (SSSR count). The van der Waals surface area contributed by atoms with Crippen LogP contribution in [-0.4, -0.2) is 51.2 Å². The minimum absolute atomic E-state index is 0.232. The van der Waals surface area contributed by atoms with Gasteiger partial charge in [-0.15, -0.1) is 0 Å². The summed E-state index contributed by atoms with van der Waals surface area (Å²) in [6, 6.07) is 11.6. The molecule has 1 aliphatic heterocycles. The lowest BCUT2D eigenvalue weighted by molar-refractivity contribution is 0.145. The van der Waals surface area contributed by atoms with E-state index < -0.39 is 0 Å².